The third kappa shape index (κ3) is 2.48. The summed E-state index contributed by atoms with van der Waals surface area (Å²) in [6.07, 6.45) is 6.07. The molecule has 0 aromatic heterocycles. The number of piperidine rings is 1. The van der Waals surface area contributed by atoms with E-state index in [1.807, 2.05) is 18.7 Å². The van der Waals surface area contributed by atoms with Crippen molar-refractivity contribution >= 4 is 17.7 Å². The molecule has 3 aliphatic heterocycles. The second-order valence-corrected chi connectivity index (χ2v) is 7.82. The van der Waals surface area contributed by atoms with E-state index in [1.54, 1.807) is 0 Å². The second kappa shape index (κ2) is 5.50. The van der Waals surface area contributed by atoms with E-state index in [-0.39, 0.29) is 5.60 Å². The summed E-state index contributed by atoms with van der Waals surface area (Å²) in [6.45, 7) is 3.63. The van der Waals surface area contributed by atoms with Gasteiger partial charge in [-0.25, -0.2) is 0 Å². The molecule has 0 amide bonds. The van der Waals surface area contributed by atoms with Crippen molar-refractivity contribution in [3.8, 4) is 0 Å². The molecular formula is C15H25NO3S. The average Bonchev–Trinajstić information content (AvgIpc) is 2.87. The zero-order chi connectivity index (χ0) is 14.2. The molecule has 3 saturated heterocycles. The van der Waals surface area contributed by atoms with Crippen LogP contribution in [-0.2, 0) is 9.53 Å². The zero-order valence-electron chi connectivity index (χ0n) is 12.3. The molecule has 1 spiro atoms. The maximum atomic E-state index is 11.8. The van der Waals surface area contributed by atoms with E-state index in [1.165, 1.54) is 5.75 Å². The molecule has 3 atom stereocenters. The van der Waals surface area contributed by atoms with E-state index in [4.69, 9.17) is 4.74 Å². The number of carboxylic acids is 1. The molecule has 3 aliphatic rings. The van der Waals surface area contributed by atoms with Gasteiger partial charge < -0.3 is 9.84 Å². The monoisotopic (exact) mass is 299 g/mol. The molecule has 1 N–H and O–H groups in total. The fourth-order valence-corrected chi connectivity index (χ4v) is 5.47. The SMILES string of the molecule is CC1(C(=O)O)CCCCN1C1CCOC2(CCSC2)C1. The Morgan fingerprint density at radius 2 is 2.25 bits per heavy atom. The van der Waals surface area contributed by atoms with Crippen molar-refractivity contribution in [2.45, 2.75) is 62.6 Å². The summed E-state index contributed by atoms with van der Waals surface area (Å²) < 4.78 is 6.08. The molecule has 0 aromatic rings. The molecule has 3 unspecified atom stereocenters. The molecule has 0 bridgehead atoms. The number of carboxylic acid groups (broad SMARTS) is 1. The Morgan fingerprint density at radius 3 is 2.95 bits per heavy atom. The highest BCUT2D eigenvalue weighted by Gasteiger charge is 2.49. The first-order chi connectivity index (χ1) is 9.56. The van der Waals surface area contributed by atoms with Crippen molar-refractivity contribution in [3.63, 3.8) is 0 Å². The summed E-state index contributed by atoms with van der Waals surface area (Å²) in [4.78, 5) is 14.0. The van der Waals surface area contributed by atoms with Crippen LogP contribution >= 0.6 is 11.8 Å². The largest absolute Gasteiger partial charge is 0.480 e. The van der Waals surface area contributed by atoms with Crippen LogP contribution in [0.3, 0.4) is 0 Å². The van der Waals surface area contributed by atoms with Crippen molar-refractivity contribution in [2.75, 3.05) is 24.7 Å². The van der Waals surface area contributed by atoms with Gasteiger partial charge in [-0.05, 0) is 57.7 Å². The lowest BCUT2D eigenvalue weighted by Gasteiger charge is -2.50. The number of nitrogens with zero attached hydrogens (tertiary/aromatic N) is 1. The number of hydrogen-bond acceptors (Lipinski definition) is 4. The van der Waals surface area contributed by atoms with Gasteiger partial charge in [-0.1, -0.05) is 0 Å². The third-order valence-corrected chi connectivity index (χ3v) is 6.61. The Kier molecular flexibility index (Phi) is 4.04. The highest BCUT2D eigenvalue weighted by atomic mass is 32.2. The number of carbonyl (C=O) groups is 1. The first-order valence-electron chi connectivity index (χ1n) is 7.78. The summed E-state index contributed by atoms with van der Waals surface area (Å²) in [5.41, 5.74) is -0.641. The van der Waals surface area contributed by atoms with E-state index < -0.39 is 11.5 Å². The highest BCUT2D eigenvalue weighted by molar-refractivity contribution is 7.99. The van der Waals surface area contributed by atoms with Gasteiger partial charge in [0.15, 0.2) is 0 Å². The minimum absolute atomic E-state index is 0.0322. The predicted octanol–water partition coefficient (Wildman–Crippen LogP) is 2.37. The van der Waals surface area contributed by atoms with E-state index in [0.717, 1.165) is 57.4 Å². The lowest BCUT2D eigenvalue weighted by atomic mass is 9.82. The molecule has 3 rings (SSSR count). The molecule has 0 saturated carbocycles. The Hall–Kier alpha value is -0.260. The molecule has 4 nitrogen and oxygen atoms in total. The standard InChI is InChI=1S/C15H25NO3S/c1-14(13(17)18)5-2-3-7-16(14)12-4-8-19-15(10-12)6-9-20-11-15/h12H,2-11H2,1H3,(H,17,18). The maximum absolute atomic E-state index is 11.8. The van der Waals surface area contributed by atoms with Crippen LogP contribution in [0, 0.1) is 0 Å². The molecule has 5 heteroatoms. The number of hydrogen-bond donors (Lipinski definition) is 1. The van der Waals surface area contributed by atoms with Gasteiger partial charge in [0.1, 0.15) is 5.54 Å². The number of rotatable bonds is 2. The van der Waals surface area contributed by atoms with Gasteiger partial charge in [0.05, 0.1) is 5.60 Å². The fourth-order valence-electron chi connectivity index (χ4n) is 4.09. The molecule has 0 radical (unpaired) electrons. The van der Waals surface area contributed by atoms with Crippen LogP contribution in [0.2, 0.25) is 0 Å². The lowest BCUT2D eigenvalue weighted by molar-refractivity contribution is -0.161. The number of ether oxygens (including phenoxy) is 1. The molecule has 3 fully saturated rings. The van der Waals surface area contributed by atoms with Crippen molar-refractivity contribution in [2.24, 2.45) is 0 Å². The van der Waals surface area contributed by atoms with Crippen LogP contribution < -0.4 is 0 Å². The molecule has 114 valence electrons. The van der Waals surface area contributed by atoms with Crippen LogP contribution in [-0.4, -0.2) is 57.8 Å². The van der Waals surface area contributed by atoms with Crippen LogP contribution in [0.25, 0.3) is 0 Å². The van der Waals surface area contributed by atoms with Crippen LogP contribution in [0.1, 0.15) is 45.4 Å². The van der Waals surface area contributed by atoms with Gasteiger partial charge in [0, 0.05) is 18.4 Å². The minimum Gasteiger partial charge on any atom is -0.480 e. The molecule has 0 aliphatic carbocycles. The normalized spacial score (nSPS) is 43.0. The van der Waals surface area contributed by atoms with E-state index in [0.29, 0.717) is 6.04 Å². The molecule has 20 heavy (non-hydrogen) atoms. The fraction of sp³-hybridized carbons (Fsp3) is 0.933. The minimum atomic E-state index is -0.673. The van der Waals surface area contributed by atoms with Crippen LogP contribution in [0.5, 0.6) is 0 Å². The first kappa shape index (κ1) is 14.7. The van der Waals surface area contributed by atoms with Gasteiger partial charge in [0.25, 0.3) is 0 Å². The molecular weight excluding hydrogens is 274 g/mol. The van der Waals surface area contributed by atoms with Crippen molar-refractivity contribution in [1.82, 2.24) is 4.90 Å². The van der Waals surface area contributed by atoms with Crippen molar-refractivity contribution in [1.29, 1.82) is 0 Å². The number of thioether (sulfide) groups is 1. The van der Waals surface area contributed by atoms with E-state index >= 15 is 0 Å². The molecule has 3 heterocycles. The summed E-state index contributed by atoms with van der Waals surface area (Å²) in [7, 11) is 0. The van der Waals surface area contributed by atoms with Crippen molar-refractivity contribution < 1.29 is 14.6 Å². The quantitative estimate of drug-likeness (QED) is 0.848. The topological polar surface area (TPSA) is 49.8 Å². The predicted molar refractivity (Wildman–Crippen MR) is 80.2 cm³/mol. The number of likely N-dealkylation sites (tertiary alicyclic amines) is 1. The zero-order valence-corrected chi connectivity index (χ0v) is 13.1. The van der Waals surface area contributed by atoms with Crippen molar-refractivity contribution in [3.05, 3.63) is 0 Å². The van der Waals surface area contributed by atoms with Crippen LogP contribution in [0.4, 0.5) is 0 Å². The number of aliphatic carboxylic acids is 1. The van der Waals surface area contributed by atoms with Gasteiger partial charge in [-0.3, -0.25) is 9.69 Å². The third-order valence-electron chi connectivity index (χ3n) is 5.38. The van der Waals surface area contributed by atoms with Gasteiger partial charge in [-0.15, -0.1) is 0 Å². The summed E-state index contributed by atoms with van der Waals surface area (Å²) >= 11 is 1.97. The first-order valence-corrected chi connectivity index (χ1v) is 8.93. The van der Waals surface area contributed by atoms with Gasteiger partial charge in [0.2, 0.25) is 0 Å². The van der Waals surface area contributed by atoms with Gasteiger partial charge >= 0.3 is 5.97 Å². The average molecular weight is 299 g/mol. The highest BCUT2D eigenvalue weighted by Crippen LogP contribution is 2.42. The summed E-state index contributed by atoms with van der Waals surface area (Å²) in [5.74, 6) is 1.61. The lowest BCUT2D eigenvalue weighted by Crippen LogP contribution is -2.61. The maximum Gasteiger partial charge on any atom is 0.323 e. The van der Waals surface area contributed by atoms with Gasteiger partial charge in [-0.2, -0.15) is 11.8 Å². The Labute approximate surface area is 125 Å². The van der Waals surface area contributed by atoms with E-state index in [9.17, 15) is 9.90 Å². The second-order valence-electron chi connectivity index (χ2n) is 6.71. The van der Waals surface area contributed by atoms with Crippen LogP contribution in [0.15, 0.2) is 0 Å². The summed E-state index contributed by atoms with van der Waals surface area (Å²) in [5, 5.41) is 9.68. The smallest absolute Gasteiger partial charge is 0.323 e. The Bertz CT molecular complexity index is 383. The molecule has 0 aromatic carbocycles. The Balaban J connectivity index is 1.77. The van der Waals surface area contributed by atoms with E-state index in [2.05, 4.69) is 4.90 Å². The Morgan fingerprint density at radius 1 is 1.40 bits per heavy atom. The summed E-state index contributed by atoms with van der Waals surface area (Å²) in [6, 6.07) is 0.379.